The van der Waals surface area contributed by atoms with E-state index in [0.717, 1.165) is 17.8 Å². The number of anilines is 1. The van der Waals surface area contributed by atoms with E-state index in [-0.39, 0.29) is 29.0 Å². The van der Waals surface area contributed by atoms with Crippen LogP contribution in [0.15, 0.2) is 84.0 Å². The summed E-state index contributed by atoms with van der Waals surface area (Å²) in [5.74, 6) is -0.342. The van der Waals surface area contributed by atoms with Gasteiger partial charge in [-0.1, -0.05) is 54.2 Å². The number of amides is 2. The van der Waals surface area contributed by atoms with Gasteiger partial charge in [0.25, 0.3) is 5.91 Å². The van der Waals surface area contributed by atoms with Crippen molar-refractivity contribution in [3.8, 4) is 11.4 Å². The Morgan fingerprint density at radius 1 is 0.947 bits per heavy atom. The molecule has 4 aromatic rings. The molecule has 196 valence electrons. The maximum absolute atomic E-state index is 13.3. The standard InChI is InChI=1S/C26H22F3N5O3S/c1-37-21-14-8-7-13-20(21)34-22(15-30-24(36)17-9-3-2-4-10-17)32-33-25(34)38-16-23(35)31-19-12-6-5-11-18(19)26(27,28)29/h2-14H,15-16H2,1H3,(H,30,36)(H,31,35). The van der Waals surface area contributed by atoms with Gasteiger partial charge >= 0.3 is 6.18 Å². The van der Waals surface area contributed by atoms with Crippen LogP contribution in [0, 0.1) is 0 Å². The number of benzene rings is 3. The van der Waals surface area contributed by atoms with E-state index in [1.165, 1.54) is 25.3 Å². The first-order valence-corrected chi connectivity index (χ1v) is 12.3. The molecule has 0 aliphatic carbocycles. The van der Waals surface area contributed by atoms with Gasteiger partial charge in [-0.05, 0) is 36.4 Å². The Morgan fingerprint density at radius 3 is 2.37 bits per heavy atom. The molecule has 0 saturated carbocycles. The summed E-state index contributed by atoms with van der Waals surface area (Å²) in [6.07, 6.45) is -4.61. The van der Waals surface area contributed by atoms with Gasteiger partial charge in [0.1, 0.15) is 5.75 Å². The van der Waals surface area contributed by atoms with Crippen LogP contribution in [0.4, 0.5) is 18.9 Å². The van der Waals surface area contributed by atoms with Crippen molar-refractivity contribution in [3.05, 3.63) is 95.8 Å². The number of nitrogens with zero attached hydrogens (tertiary/aromatic N) is 3. The Morgan fingerprint density at radius 2 is 1.63 bits per heavy atom. The van der Waals surface area contributed by atoms with E-state index in [1.807, 2.05) is 0 Å². The highest BCUT2D eigenvalue weighted by Crippen LogP contribution is 2.35. The lowest BCUT2D eigenvalue weighted by Crippen LogP contribution is -2.24. The fraction of sp³-hybridized carbons (Fsp3) is 0.154. The van der Waals surface area contributed by atoms with Crippen LogP contribution in [0.25, 0.3) is 5.69 Å². The Labute approximate surface area is 220 Å². The Kier molecular flexibility index (Phi) is 8.31. The van der Waals surface area contributed by atoms with Gasteiger partial charge < -0.3 is 15.4 Å². The molecule has 2 N–H and O–H groups in total. The number of hydrogen-bond acceptors (Lipinski definition) is 6. The summed E-state index contributed by atoms with van der Waals surface area (Å²) in [6, 6.07) is 20.5. The molecule has 1 heterocycles. The zero-order valence-corrected chi connectivity index (χ0v) is 20.8. The zero-order chi connectivity index (χ0) is 27.1. The number of rotatable bonds is 9. The van der Waals surface area contributed by atoms with Crippen LogP contribution in [0.2, 0.25) is 0 Å². The first-order chi connectivity index (χ1) is 18.3. The number of methoxy groups -OCH3 is 1. The molecule has 0 unspecified atom stereocenters. The Bertz CT molecular complexity index is 1430. The molecule has 0 aliphatic heterocycles. The first kappa shape index (κ1) is 26.7. The number of carbonyl (C=O) groups excluding carboxylic acids is 2. The minimum Gasteiger partial charge on any atom is -0.495 e. The second-order valence-electron chi connectivity index (χ2n) is 7.83. The maximum Gasteiger partial charge on any atom is 0.418 e. The molecular weight excluding hydrogens is 519 g/mol. The second-order valence-corrected chi connectivity index (χ2v) is 8.78. The number of halogens is 3. The van der Waals surface area contributed by atoms with Gasteiger partial charge in [0.2, 0.25) is 5.91 Å². The Hall–Kier alpha value is -4.32. The van der Waals surface area contributed by atoms with E-state index in [2.05, 4.69) is 20.8 Å². The lowest BCUT2D eigenvalue weighted by Gasteiger charge is -2.15. The lowest BCUT2D eigenvalue weighted by atomic mass is 10.1. The van der Waals surface area contributed by atoms with E-state index in [4.69, 9.17) is 4.74 Å². The molecule has 0 fully saturated rings. The summed E-state index contributed by atoms with van der Waals surface area (Å²) >= 11 is 0.981. The van der Waals surface area contributed by atoms with Crippen molar-refractivity contribution in [1.82, 2.24) is 20.1 Å². The van der Waals surface area contributed by atoms with Crippen molar-refractivity contribution < 1.29 is 27.5 Å². The maximum atomic E-state index is 13.3. The number of aromatic nitrogens is 3. The number of carbonyl (C=O) groups is 2. The number of hydrogen-bond donors (Lipinski definition) is 2. The van der Waals surface area contributed by atoms with Gasteiger partial charge in [0.15, 0.2) is 11.0 Å². The molecule has 3 aromatic carbocycles. The van der Waals surface area contributed by atoms with Gasteiger partial charge in [-0.3, -0.25) is 14.2 Å². The average Bonchev–Trinajstić information content (AvgIpc) is 3.33. The van der Waals surface area contributed by atoms with Crippen molar-refractivity contribution in [2.75, 3.05) is 18.2 Å². The van der Waals surface area contributed by atoms with Crippen molar-refractivity contribution >= 4 is 29.3 Å². The van der Waals surface area contributed by atoms with Gasteiger partial charge in [-0.15, -0.1) is 10.2 Å². The fourth-order valence-electron chi connectivity index (χ4n) is 3.57. The molecule has 2 amide bonds. The number of nitrogens with one attached hydrogen (secondary N) is 2. The number of para-hydroxylation sites is 3. The summed E-state index contributed by atoms with van der Waals surface area (Å²) < 4.78 is 46.9. The van der Waals surface area contributed by atoms with E-state index in [9.17, 15) is 22.8 Å². The topological polar surface area (TPSA) is 98.1 Å². The van der Waals surface area contributed by atoms with Gasteiger partial charge in [-0.2, -0.15) is 13.2 Å². The molecule has 4 rings (SSSR count). The first-order valence-electron chi connectivity index (χ1n) is 11.3. The minimum atomic E-state index is -4.61. The van der Waals surface area contributed by atoms with E-state index < -0.39 is 17.6 Å². The van der Waals surface area contributed by atoms with Crippen LogP contribution in [0.5, 0.6) is 5.75 Å². The summed E-state index contributed by atoms with van der Waals surface area (Å²) in [7, 11) is 1.50. The van der Waals surface area contributed by atoms with Crippen LogP contribution in [0.1, 0.15) is 21.7 Å². The molecule has 12 heteroatoms. The largest absolute Gasteiger partial charge is 0.495 e. The summed E-state index contributed by atoms with van der Waals surface area (Å²) in [5, 5.41) is 13.7. The number of alkyl halides is 3. The zero-order valence-electron chi connectivity index (χ0n) is 20.0. The molecule has 0 aliphatic rings. The third kappa shape index (κ3) is 6.32. The van der Waals surface area contributed by atoms with Crippen LogP contribution in [-0.2, 0) is 17.5 Å². The molecule has 38 heavy (non-hydrogen) atoms. The molecule has 0 spiro atoms. The predicted octanol–water partition coefficient (Wildman–Crippen LogP) is 4.96. The van der Waals surface area contributed by atoms with Crippen molar-refractivity contribution in [1.29, 1.82) is 0 Å². The van der Waals surface area contributed by atoms with Crippen LogP contribution in [0.3, 0.4) is 0 Å². The SMILES string of the molecule is COc1ccccc1-n1c(CNC(=O)c2ccccc2)nnc1SCC(=O)Nc1ccccc1C(F)(F)F. The number of thioether (sulfide) groups is 1. The van der Waals surface area contributed by atoms with Crippen molar-refractivity contribution in [3.63, 3.8) is 0 Å². The minimum absolute atomic E-state index is 0.0183. The van der Waals surface area contributed by atoms with Crippen LogP contribution < -0.4 is 15.4 Å². The highest BCUT2D eigenvalue weighted by Gasteiger charge is 2.33. The van der Waals surface area contributed by atoms with E-state index in [0.29, 0.717) is 22.8 Å². The summed E-state index contributed by atoms with van der Waals surface area (Å²) in [5.41, 5.74) is -0.233. The molecule has 8 nitrogen and oxygen atoms in total. The molecule has 0 bridgehead atoms. The van der Waals surface area contributed by atoms with E-state index >= 15 is 0 Å². The smallest absolute Gasteiger partial charge is 0.418 e. The lowest BCUT2D eigenvalue weighted by molar-refractivity contribution is -0.137. The highest BCUT2D eigenvalue weighted by atomic mass is 32.2. The summed E-state index contributed by atoms with van der Waals surface area (Å²) in [4.78, 5) is 25.1. The highest BCUT2D eigenvalue weighted by molar-refractivity contribution is 7.99. The van der Waals surface area contributed by atoms with Gasteiger partial charge in [0, 0.05) is 5.56 Å². The van der Waals surface area contributed by atoms with E-state index in [1.54, 1.807) is 59.2 Å². The Balaban J connectivity index is 1.55. The predicted molar refractivity (Wildman–Crippen MR) is 136 cm³/mol. The third-order valence-corrected chi connectivity index (χ3v) is 6.24. The third-order valence-electron chi connectivity index (χ3n) is 5.31. The molecule has 1 aromatic heterocycles. The normalized spacial score (nSPS) is 11.2. The van der Waals surface area contributed by atoms with Gasteiger partial charge in [-0.25, -0.2) is 0 Å². The van der Waals surface area contributed by atoms with Crippen molar-refractivity contribution in [2.45, 2.75) is 17.9 Å². The molecular formula is C26H22F3N5O3S. The monoisotopic (exact) mass is 541 g/mol. The average molecular weight is 542 g/mol. The number of ether oxygens (including phenoxy) is 1. The molecule has 0 radical (unpaired) electrons. The quantitative estimate of drug-likeness (QED) is 0.291. The van der Waals surface area contributed by atoms with Crippen LogP contribution in [-0.4, -0.2) is 39.4 Å². The van der Waals surface area contributed by atoms with Gasteiger partial charge in [0.05, 0.1) is 36.3 Å². The second kappa shape index (κ2) is 11.8. The van der Waals surface area contributed by atoms with Crippen LogP contribution >= 0.6 is 11.8 Å². The fourth-order valence-corrected chi connectivity index (χ4v) is 4.34. The van der Waals surface area contributed by atoms with Crippen molar-refractivity contribution in [2.24, 2.45) is 0 Å². The molecule has 0 atom stereocenters. The molecule has 0 saturated heterocycles. The summed E-state index contributed by atoms with van der Waals surface area (Å²) in [6.45, 7) is 0.0183.